The van der Waals surface area contributed by atoms with Crippen LogP contribution in [0.25, 0.3) is 6.08 Å². The number of benzene rings is 1. The van der Waals surface area contributed by atoms with Crippen molar-refractivity contribution >= 4 is 45.2 Å². The van der Waals surface area contributed by atoms with E-state index in [1.165, 1.54) is 4.90 Å². The molecule has 142 valence electrons. The molecule has 1 fully saturated rings. The average Bonchev–Trinajstić information content (AvgIpc) is 3.40. The monoisotopic (exact) mass is 458 g/mol. The van der Waals surface area contributed by atoms with Crippen LogP contribution in [0.4, 0.5) is 0 Å². The van der Waals surface area contributed by atoms with Crippen LogP contribution in [0.3, 0.4) is 0 Å². The molecule has 1 N–H and O–H groups in total. The van der Waals surface area contributed by atoms with E-state index in [1.807, 2.05) is 30.3 Å². The van der Waals surface area contributed by atoms with Crippen molar-refractivity contribution in [3.8, 4) is 5.75 Å². The Bertz CT molecular complexity index is 1040. The standard InChI is InChI=1S/C20H15BrN2O4S/c21-13-3-1-4-14(9-13)26-12-17-7-6-15(27-17)10-18-19(24)23(20(28)22-18)11-16-5-2-8-25-16/h1-10H,11-12H2,(H,22,28)/b18-10+. The summed E-state index contributed by atoms with van der Waals surface area (Å²) in [6, 6.07) is 14.7. The molecular formula is C20H15BrN2O4S. The van der Waals surface area contributed by atoms with Crippen LogP contribution in [0, 0.1) is 0 Å². The normalized spacial score (nSPS) is 15.3. The van der Waals surface area contributed by atoms with Gasteiger partial charge in [-0.2, -0.15) is 0 Å². The number of halogens is 1. The predicted octanol–water partition coefficient (Wildman–Crippen LogP) is 4.47. The summed E-state index contributed by atoms with van der Waals surface area (Å²) >= 11 is 8.66. The molecule has 2 aromatic heterocycles. The van der Waals surface area contributed by atoms with Gasteiger partial charge < -0.3 is 18.9 Å². The molecule has 6 nitrogen and oxygen atoms in total. The fraction of sp³-hybridized carbons (Fsp3) is 0.100. The van der Waals surface area contributed by atoms with Crippen molar-refractivity contribution in [2.75, 3.05) is 0 Å². The van der Waals surface area contributed by atoms with Crippen molar-refractivity contribution in [1.29, 1.82) is 0 Å². The maximum absolute atomic E-state index is 12.6. The molecule has 0 spiro atoms. The first-order valence-electron chi connectivity index (χ1n) is 8.42. The number of amides is 1. The quantitative estimate of drug-likeness (QED) is 0.434. The maximum atomic E-state index is 12.6. The van der Waals surface area contributed by atoms with Crippen LogP contribution in [-0.2, 0) is 17.9 Å². The molecule has 1 saturated heterocycles. The Hall–Kier alpha value is -2.84. The van der Waals surface area contributed by atoms with Gasteiger partial charge in [0.15, 0.2) is 5.11 Å². The molecule has 4 rings (SSSR count). The summed E-state index contributed by atoms with van der Waals surface area (Å²) in [7, 11) is 0. The van der Waals surface area contributed by atoms with Crippen molar-refractivity contribution in [2.24, 2.45) is 0 Å². The third kappa shape index (κ3) is 4.18. The molecule has 0 unspecified atom stereocenters. The van der Waals surface area contributed by atoms with Crippen LogP contribution >= 0.6 is 28.1 Å². The highest BCUT2D eigenvalue weighted by molar-refractivity contribution is 9.10. The molecule has 3 aromatic rings. The van der Waals surface area contributed by atoms with Gasteiger partial charge in [-0.3, -0.25) is 9.69 Å². The molecule has 1 aliphatic heterocycles. The van der Waals surface area contributed by atoms with E-state index in [4.69, 9.17) is 25.8 Å². The van der Waals surface area contributed by atoms with Gasteiger partial charge in [0.25, 0.3) is 5.91 Å². The molecule has 0 saturated carbocycles. The van der Waals surface area contributed by atoms with Gasteiger partial charge >= 0.3 is 0 Å². The zero-order valence-electron chi connectivity index (χ0n) is 14.6. The highest BCUT2D eigenvalue weighted by atomic mass is 79.9. The fourth-order valence-electron chi connectivity index (χ4n) is 2.68. The molecule has 1 amide bonds. The molecule has 1 aliphatic rings. The number of thiocarbonyl (C=S) groups is 1. The second kappa shape index (κ2) is 8.04. The lowest BCUT2D eigenvalue weighted by molar-refractivity contribution is -0.122. The third-order valence-electron chi connectivity index (χ3n) is 4.00. The summed E-state index contributed by atoms with van der Waals surface area (Å²) in [5.41, 5.74) is 0.352. The lowest BCUT2D eigenvalue weighted by Crippen LogP contribution is -2.29. The zero-order valence-corrected chi connectivity index (χ0v) is 17.0. The fourth-order valence-corrected chi connectivity index (χ4v) is 3.31. The van der Waals surface area contributed by atoms with E-state index in [-0.39, 0.29) is 19.1 Å². The highest BCUT2D eigenvalue weighted by Crippen LogP contribution is 2.21. The van der Waals surface area contributed by atoms with Crippen LogP contribution in [0.1, 0.15) is 17.3 Å². The Morgan fingerprint density at radius 1 is 1.18 bits per heavy atom. The molecule has 0 aliphatic carbocycles. The van der Waals surface area contributed by atoms with E-state index in [0.717, 1.165) is 10.2 Å². The average molecular weight is 459 g/mol. The summed E-state index contributed by atoms with van der Waals surface area (Å²) < 4.78 is 17.7. The number of hydrogen-bond donors (Lipinski definition) is 1. The van der Waals surface area contributed by atoms with Crippen LogP contribution in [-0.4, -0.2) is 15.9 Å². The Morgan fingerprint density at radius 2 is 2.07 bits per heavy atom. The maximum Gasteiger partial charge on any atom is 0.277 e. The number of nitrogens with one attached hydrogen (secondary N) is 1. The SMILES string of the molecule is O=C1/C(=C\c2ccc(COc3cccc(Br)c3)o2)NC(=S)N1Cc1ccco1. The predicted molar refractivity (Wildman–Crippen MR) is 110 cm³/mol. The van der Waals surface area contributed by atoms with Crippen molar-refractivity contribution in [1.82, 2.24) is 10.2 Å². The number of ether oxygens (including phenoxy) is 1. The summed E-state index contributed by atoms with van der Waals surface area (Å²) in [4.78, 5) is 14.0. The smallest absolute Gasteiger partial charge is 0.277 e. The molecule has 0 atom stereocenters. The molecular weight excluding hydrogens is 444 g/mol. The first-order chi connectivity index (χ1) is 13.6. The second-order valence-corrected chi connectivity index (χ2v) is 7.31. The van der Waals surface area contributed by atoms with Crippen LogP contribution in [0.2, 0.25) is 0 Å². The Kier molecular flexibility index (Phi) is 5.31. The minimum Gasteiger partial charge on any atom is -0.486 e. The second-order valence-electron chi connectivity index (χ2n) is 6.01. The van der Waals surface area contributed by atoms with E-state index < -0.39 is 0 Å². The van der Waals surface area contributed by atoms with Gasteiger partial charge in [0, 0.05) is 10.5 Å². The van der Waals surface area contributed by atoms with Gasteiger partial charge in [-0.05, 0) is 54.7 Å². The zero-order chi connectivity index (χ0) is 19.5. The topological polar surface area (TPSA) is 67.8 Å². The van der Waals surface area contributed by atoms with Crippen molar-refractivity contribution in [2.45, 2.75) is 13.2 Å². The van der Waals surface area contributed by atoms with Gasteiger partial charge in [-0.1, -0.05) is 22.0 Å². The lowest BCUT2D eigenvalue weighted by atomic mass is 10.3. The number of carbonyl (C=O) groups excluding carboxylic acids is 1. The Balaban J connectivity index is 1.42. The lowest BCUT2D eigenvalue weighted by Gasteiger charge is -2.11. The molecule has 3 heterocycles. The number of carbonyl (C=O) groups is 1. The van der Waals surface area contributed by atoms with Crippen LogP contribution in [0.5, 0.6) is 5.75 Å². The number of furan rings is 2. The van der Waals surface area contributed by atoms with E-state index in [0.29, 0.717) is 28.1 Å². The Morgan fingerprint density at radius 3 is 2.86 bits per heavy atom. The van der Waals surface area contributed by atoms with Crippen molar-refractivity contribution < 1.29 is 18.4 Å². The van der Waals surface area contributed by atoms with Crippen molar-refractivity contribution in [3.05, 3.63) is 82.2 Å². The number of nitrogens with zero attached hydrogens (tertiary/aromatic N) is 1. The molecule has 1 aromatic carbocycles. The highest BCUT2D eigenvalue weighted by Gasteiger charge is 2.31. The summed E-state index contributed by atoms with van der Waals surface area (Å²) in [6.45, 7) is 0.558. The number of hydrogen-bond acceptors (Lipinski definition) is 5. The largest absolute Gasteiger partial charge is 0.486 e. The molecule has 28 heavy (non-hydrogen) atoms. The van der Waals surface area contributed by atoms with Gasteiger partial charge in [0.05, 0.1) is 12.8 Å². The molecule has 8 heteroatoms. The Labute approximate surface area is 174 Å². The van der Waals surface area contributed by atoms with E-state index in [2.05, 4.69) is 21.2 Å². The minimum atomic E-state index is -0.232. The van der Waals surface area contributed by atoms with Gasteiger partial charge in [-0.25, -0.2) is 0 Å². The first-order valence-corrected chi connectivity index (χ1v) is 9.62. The summed E-state index contributed by atoms with van der Waals surface area (Å²) in [5, 5.41) is 3.25. The van der Waals surface area contributed by atoms with Crippen molar-refractivity contribution in [3.63, 3.8) is 0 Å². The van der Waals surface area contributed by atoms with E-state index in [1.54, 1.807) is 30.5 Å². The number of rotatable bonds is 6. The minimum absolute atomic E-state index is 0.232. The molecule has 0 radical (unpaired) electrons. The molecule has 0 bridgehead atoms. The van der Waals surface area contributed by atoms with Gasteiger partial charge in [0.2, 0.25) is 0 Å². The van der Waals surface area contributed by atoms with E-state index >= 15 is 0 Å². The summed E-state index contributed by atoms with van der Waals surface area (Å²) in [5.74, 6) is 2.34. The van der Waals surface area contributed by atoms with Gasteiger partial charge in [0.1, 0.15) is 35.3 Å². The van der Waals surface area contributed by atoms with E-state index in [9.17, 15) is 4.79 Å². The summed E-state index contributed by atoms with van der Waals surface area (Å²) in [6.07, 6.45) is 3.18. The third-order valence-corrected chi connectivity index (χ3v) is 4.82. The van der Waals surface area contributed by atoms with Crippen LogP contribution < -0.4 is 10.1 Å². The van der Waals surface area contributed by atoms with Gasteiger partial charge in [-0.15, -0.1) is 0 Å². The first kappa shape index (κ1) is 18.5. The van der Waals surface area contributed by atoms with Crippen LogP contribution in [0.15, 0.2) is 73.8 Å².